The molecule has 2 aromatic carbocycles. The van der Waals surface area contributed by atoms with Crippen molar-refractivity contribution in [1.82, 2.24) is 0 Å². The Labute approximate surface area is 359 Å². The lowest BCUT2D eigenvalue weighted by Crippen LogP contribution is -2.67. The Bertz CT molecular complexity index is 1930. The molecule has 0 bridgehead atoms. The van der Waals surface area contributed by atoms with Crippen LogP contribution >= 0.6 is 0 Å². The molecule has 1 saturated heterocycles. The van der Waals surface area contributed by atoms with Crippen LogP contribution in [0.3, 0.4) is 0 Å². The summed E-state index contributed by atoms with van der Waals surface area (Å²) >= 11 is 0. The minimum Gasteiger partial charge on any atom is -0.432 e. The topological polar surface area (TPSA) is 117 Å². The normalized spacial score (nSPS) is 42.9. The molecule has 14 atom stereocenters. The number of aliphatic hydroxyl groups excluding tert-OH is 1. The number of benzene rings is 2. The van der Waals surface area contributed by atoms with Gasteiger partial charge in [0.2, 0.25) is 6.29 Å². The van der Waals surface area contributed by atoms with Gasteiger partial charge in [0.25, 0.3) is 0 Å². The first-order valence-corrected chi connectivity index (χ1v) is 23.2. The fraction of sp³-hybridized carbons (Fsp3) is 0.692. The average molecular weight is 824 g/mol. The number of ether oxygens (including phenoxy) is 4. The van der Waals surface area contributed by atoms with E-state index >= 15 is 4.79 Å². The lowest BCUT2D eigenvalue weighted by atomic mass is 9.37. The van der Waals surface area contributed by atoms with E-state index in [0.717, 1.165) is 49.7 Å². The monoisotopic (exact) mass is 824 g/mol. The molecule has 6 aliphatic rings. The molecule has 328 valence electrons. The van der Waals surface area contributed by atoms with Crippen molar-refractivity contribution in [1.29, 1.82) is 0 Å². The number of Topliss-reactive ketones (excluding diaryl/α,β-unsaturated/α-hetero) is 1. The minimum atomic E-state index is -1.30. The molecular formula is C52H73NO7. The van der Waals surface area contributed by atoms with Gasteiger partial charge in [0.1, 0.15) is 24.1 Å². The van der Waals surface area contributed by atoms with Crippen LogP contribution in [0.1, 0.15) is 125 Å². The minimum absolute atomic E-state index is 0.0158. The van der Waals surface area contributed by atoms with Gasteiger partial charge in [0, 0.05) is 17.8 Å². The standard InChI is InChI=1S/C52H73NO7/c1-32(2)22-27-52(33(3)49(7)31-51(9)36(44(49)52)20-21-39-48(6)25-24-40(54)47(4,5)38(48)23-26-50(39,51)8)46(56)60-45-42(55)43(58-29-35-18-14-11-15-19-35)41(53)37(59-45)30-57-28-34-16-12-10-13-17-34/h10-20,32-33,37-39,41-45,55H,21-31,53H2,1-9H3/t33?,37?,38?,39?,41-,42?,43?,44?,45-,48?,49+,50+,51?,52-/m0/s1. The highest BCUT2D eigenvalue weighted by molar-refractivity contribution is 5.85. The van der Waals surface area contributed by atoms with Crippen LogP contribution in [0.25, 0.3) is 0 Å². The molecule has 3 N–H and O–H groups in total. The largest absolute Gasteiger partial charge is 0.432 e. The summed E-state index contributed by atoms with van der Waals surface area (Å²) in [5.41, 5.74) is 9.07. The fourth-order valence-corrected chi connectivity index (χ4v) is 14.8. The number of carbonyl (C=O) groups excluding carboxylic acids is 2. The molecule has 1 heterocycles. The SMILES string of the molecule is CC(C)CC[C@]1(C(=O)O[C@@H]2OC(COCc3ccccc3)[C@H](N)C(OCc3ccccc3)C2O)C(C)[C@@]2(C)CC3(C)C(=CCC4C5(C)CCC(=O)C(C)(C)C5CC[C@]43C)C21. The first-order chi connectivity index (χ1) is 28.3. The second-order valence-electron chi connectivity index (χ2n) is 22.0. The number of aliphatic hydroxyl groups is 1. The molecule has 5 aliphatic carbocycles. The van der Waals surface area contributed by atoms with Gasteiger partial charge in [-0.3, -0.25) is 9.59 Å². The van der Waals surface area contributed by atoms with Crippen LogP contribution in [-0.4, -0.2) is 54.1 Å². The van der Waals surface area contributed by atoms with Gasteiger partial charge in [-0.2, -0.15) is 0 Å². The Morgan fingerprint density at radius 2 is 1.57 bits per heavy atom. The third-order valence-electron chi connectivity index (χ3n) is 18.4. The molecule has 8 rings (SSSR count). The zero-order chi connectivity index (χ0) is 43.0. The number of allylic oxidation sites excluding steroid dienone is 2. The molecule has 8 nitrogen and oxygen atoms in total. The molecule has 9 unspecified atom stereocenters. The van der Waals surface area contributed by atoms with E-state index in [0.29, 0.717) is 43.0 Å². The highest BCUT2D eigenvalue weighted by atomic mass is 16.7. The lowest BCUT2D eigenvalue weighted by Gasteiger charge is -2.67. The van der Waals surface area contributed by atoms with Gasteiger partial charge in [-0.15, -0.1) is 0 Å². The molecule has 4 saturated carbocycles. The van der Waals surface area contributed by atoms with E-state index in [2.05, 4.69) is 68.4 Å². The molecule has 2 aromatic rings. The third kappa shape index (κ3) is 6.62. The summed E-state index contributed by atoms with van der Waals surface area (Å²) in [6.45, 7) is 21.9. The highest BCUT2D eigenvalue weighted by Gasteiger charge is 2.80. The smallest absolute Gasteiger partial charge is 0.315 e. The predicted molar refractivity (Wildman–Crippen MR) is 233 cm³/mol. The van der Waals surface area contributed by atoms with Gasteiger partial charge < -0.3 is 29.8 Å². The van der Waals surface area contributed by atoms with Crippen molar-refractivity contribution in [2.75, 3.05) is 6.61 Å². The number of rotatable bonds is 12. The third-order valence-corrected chi connectivity index (χ3v) is 18.4. The van der Waals surface area contributed by atoms with Crippen molar-refractivity contribution < 1.29 is 33.6 Å². The summed E-state index contributed by atoms with van der Waals surface area (Å²) in [7, 11) is 0. The molecule has 60 heavy (non-hydrogen) atoms. The van der Waals surface area contributed by atoms with Crippen LogP contribution in [0, 0.1) is 62.1 Å². The molecular weight excluding hydrogens is 751 g/mol. The quantitative estimate of drug-likeness (QED) is 0.161. The van der Waals surface area contributed by atoms with Crippen LogP contribution in [0.5, 0.6) is 0 Å². The Hall–Kier alpha value is -2.88. The summed E-state index contributed by atoms with van der Waals surface area (Å²) in [5, 5.41) is 12.0. The van der Waals surface area contributed by atoms with E-state index < -0.39 is 36.1 Å². The highest BCUT2D eigenvalue weighted by Crippen LogP contribution is 2.84. The van der Waals surface area contributed by atoms with Gasteiger partial charge in [0.05, 0.1) is 31.3 Å². The number of nitrogens with two attached hydrogens (primary N) is 1. The van der Waals surface area contributed by atoms with Crippen molar-refractivity contribution in [2.45, 2.75) is 158 Å². The molecule has 0 spiro atoms. The van der Waals surface area contributed by atoms with E-state index in [1.165, 1.54) is 5.57 Å². The van der Waals surface area contributed by atoms with Crippen molar-refractivity contribution in [3.8, 4) is 0 Å². The second kappa shape index (κ2) is 15.7. The summed E-state index contributed by atoms with van der Waals surface area (Å²) in [6, 6.07) is 19.0. The number of esters is 1. The lowest BCUT2D eigenvalue weighted by molar-refractivity contribution is -0.291. The maximum Gasteiger partial charge on any atom is 0.315 e. The molecule has 5 fully saturated rings. The van der Waals surface area contributed by atoms with Gasteiger partial charge in [-0.1, -0.05) is 135 Å². The Balaban J connectivity index is 1.10. The number of carbonyl (C=O) groups is 2. The molecule has 1 aliphatic heterocycles. The average Bonchev–Trinajstić information content (AvgIpc) is 3.44. The van der Waals surface area contributed by atoms with E-state index in [4.69, 9.17) is 24.7 Å². The van der Waals surface area contributed by atoms with Gasteiger partial charge in [0.15, 0.2) is 0 Å². The van der Waals surface area contributed by atoms with E-state index in [1.54, 1.807) is 0 Å². The van der Waals surface area contributed by atoms with Gasteiger partial charge >= 0.3 is 5.97 Å². The van der Waals surface area contributed by atoms with E-state index in [-0.39, 0.29) is 58.1 Å². The van der Waals surface area contributed by atoms with E-state index in [1.807, 2.05) is 60.7 Å². The van der Waals surface area contributed by atoms with Crippen LogP contribution in [-0.2, 0) is 41.8 Å². The number of ketones is 1. The van der Waals surface area contributed by atoms with Gasteiger partial charge in [-0.25, -0.2) is 0 Å². The molecule has 0 radical (unpaired) electrons. The number of fused-ring (bicyclic) bond motifs is 7. The number of hydrogen-bond donors (Lipinski definition) is 2. The van der Waals surface area contributed by atoms with Crippen molar-refractivity contribution in [2.24, 2.45) is 67.8 Å². The van der Waals surface area contributed by atoms with Crippen molar-refractivity contribution in [3.05, 3.63) is 83.4 Å². The van der Waals surface area contributed by atoms with Crippen LogP contribution < -0.4 is 5.73 Å². The van der Waals surface area contributed by atoms with Crippen molar-refractivity contribution >= 4 is 11.8 Å². The molecule has 8 heteroatoms. The maximum absolute atomic E-state index is 15.4. The zero-order valence-electron chi connectivity index (χ0n) is 37.9. The predicted octanol–water partition coefficient (Wildman–Crippen LogP) is 9.61. The summed E-state index contributed by atoms with van der Waals surface area (Å²) in [6.07, 6.45) is 5.80. The summed E-state index contributed by atoms with van der Waals surface area (Å²) in [4.78, 5) is 28.8. The fourth-order valence-electron chi connectivity index (χ4n) is 14.8. The first kappa shape index (κ1) is 43.8. The Morgan fingerprint density at radius 1 is 0.917 bits per heavy atom. The molecule has 0 aromatic heterocycles. The van der Waals surface area contributed by atoms with Crippen molar-refractivity contribution in [3.63, 3.8) is 0 Å². The molecule has 0 amide bonds. The van der Waals surface area contributed by atoms with Crippen LogP contribution in [0.2, 0.25) is 0 Å². The summed E-state index contributed by atoms with van der Waals surface area (Å²) < 4.78 is 25.6. The van der Waals surface area contributed by atoms with Crippen LogP contribution in [0.15, 0.2) is 72.3 Å². The first-order valence-electron chi connectivity index (χ1n) is 23.2. The zero-order valence-corrected chi connectivity index (χ0v) is 37.9. The van der Waals surface area contributed by atoms with Crippen LogP contribution in [0.4, 0.5) is 0 Å². The Morgan fingerprint density at radius 3 is 2.22 bits per heavy atom. The number of hydrogen-bond acceptors (Lipinski definition) is 8. The second-order valence-corrected chi connectivity index (χ2v) is 22.0. The Kier molecular flexibility index (Phi) is 11.5. The van der Waals surface area contributed by atoms with Gasteiger partial charge in [-0.05, 0) is 101 Å². The van der Waals surface area contributed by atoms with E-state index in [9.17, 15) is 9.90 Å². The summed E-state index contributed by atoms with van der Waals surface area (Å²) in [5.74, 6) is 1.43. The maximum atomic E-state index is 15.4.